The lowest BCUT2D eigenvalue weighted by Crippen LogP contribution is -2.66. The van der Waals surface area contributed by atoms with Gasteiger partial charge in [-0.2, -0.15) is 0 Å². The number of nitrogens with zero attached hydrogens (tertiary/aromatic N) is 1. The Morgan fingerprint density at radius 2 is 2.20 bits per heavy atom. The molecule has 1 unspecified atom stereocenters. The highest BCUT2D eigenvalue weighted by atomic mass is 16.5. The molecule has 2 aromatic rings. The maximum absolute atomic E-state index is 12.5. The third-order valence-electron chi connectivity index (χ3n) is 4.55. The number of hydrogen-bond donors (Lipinski definition) is 4. The van der Waals surface area contributed by atoms with E-state index in [9.17, 15) is 14.7 Å². The highest BCUT2D eigenvalue weighted by molar-refractivity contribution is 5.99. The van der Waals surface area contributed by atoms with Gasteiger partial charge >= 0.3 is 0 Å². The number of benzene rings is 1. The molecule has 3 rings (SSSR count). The van der Waals surface area contributed by atoms with Crippen molar-refractivity contribution in [1.29, 1.82) is 0 Å². The highest BCUT2D eigenvalue weighted by Gasteiger charge is 2.40. The third-order valence-corrected chi connectivity index (χ3v) is 4.55. The number of aliphatic hydroxyl groups is 1. The summed E-state index contributed by atoms with van der Waals surface area (Å²) in [5, 5.41) is 13.2. The Morgan fingerprint density at radius 1 is 1.40 bits per heavy atom. The SMILES string of the molecule is NCC1(CO)COCCN1C(=O)CNC(=O)c1cc2ccccc2[nH]1. The van der Waals surface area contributed by atoms with Gasteiger partial charge < -0.3 is 30.8 Å². The predicted octanol–water partition coefficient (Wildman–Crippen LogP) is -0.554. The molecule has 1 aliphatic heterocycles. The number of carbonyl (C=O) groups excluding carboxylic acids is 2. The van der Waals surface area contributed by atoms with Crippen molar-refractivity contribution in [3.63, 3.8) is 0 Å². The Bertz CT molecular complexity index is 736. The second-order valence-corrected chi connectivity index (χ2v) is 6.14. The van der Waals surface area contributed by atoms with Crippen LogP contribution in [0.5, 0.6) is 0 Å². The van der Waals surface area contributed by atoms with E-state index in [-0.39, 0.29) is 38.1 Å². The average molecular weight is 346 g/mol. The quantitative estimate of drug-likeness (QED) is 0.579. The molecule has 0 spiro atoms. The number of nitrogens with one attached hydrogen (secondary N) is 2. The van der Waals surface area contributed by atoms with Gasteiger partial charge in [0.1, 0.15) is 11.2 Å². The van der Waals surface area contributed by atoms with Crippen LogP contribution in [0.2, 0.25) is 0 Å². The zero-order valence-electron chi connectivity index (χ0n) is 13.8. The molecule has 1 aliphatic rings. The van der Waals surface area contributed by atoms with Crippen molar-refractivity contribution in [2.75, 3.05) is 39.5 Å². The molecule has 0 bridgehead atoms. The van der Waals surface area contributed by atoms with Crippen LogP contribution in [0.15, 0.2) is 30.3 Å². The first-order valence-electron chi connectivity index (χ1n) is 8.15. The van der Waals surface area contributed by atoms with E-state index >= 15 is 0 Å². The van der Waals surface area contributed by atoms with Gasteiger partial charge in [-0.25, -0.2) is 0 Å². The van der Waals surface area contributed by atoms with Gasteiger partial charge in [0.05, 0.1) is 26.4 Å². The van der Waals surface area contributed by atoms with Gasteiger partial charge in [-0.1, -0.05) is 18.2 Å². The van der Waals surface area contributed by atoms with Crippen LogP contribution in [-0.2, 0) is 9.53 Å². The lowest BCUT2D eigenvalue weighted by atomic mass is 9.98. The number of para-hydroxylation sites is 1. The van der Waals surface area contributed by atoms with Gasteiger partial charge in [-0.3, -0.25) is 9.59 Å². The number of aromatic amines is 1. The van der Waals surface area contributed by atoms with E-state index in [4.69, 9.17) is 10.5 Å². The molecule has 0 saturated carbocycles. The highest BCUT2D eigenvalue weighted by Crippen LogP contribution is 2.19. The lowest BCUT2D eigenvalue weighted by molar-refractivity contribution is -0.151. The molecule has 1 fully saturated rings. The van der Waals surface area contributed by atoms with E-state index in [1.54, 1.807) is 6.07 Å². The van der Waals surface area contributed by atoms with Crippen molar-refractivity contribution in [2.45, 2.75) is 5.54 Å². The molecular formula is C17H22N4O4. The van der Waals surface area contributed by atoms with Gasteiger partial charge in [-0.15, -0.1) is 0 Å². The van der Waals surface area contributed by atoms with E-state index in [0.717, 1.165) is 10.9 Å². The number of hydrogen-bond acceptors (Lipinski definition) is 5. The summed E-state index contributed by atoms with van der Waals surface area (Å²) < 4.78 is 5.35. The van der Waals surface area contributed by atoms with Crippen LogP contribution < -0.4 is 11.1 Å². The first-order valence-corrected chi connectivity index (χ1v) is 8.15. The number of rotatable bonds is 5. The standard InChI is InChI=1S/C17H22N4O4/c18-9-17(10-22)11-25-6-5-21(17)15(23)8-19-16(24)14-7-12-3-1-2-4-13(12)20-14/h1-4,7,20,22H,5-6,8-11,18H2,(H,19,24). The molecule has 8 nitrogen and oxygen atoms in total. The molecule has 134 valence electrons. The molecule has 25 heavy (non-hydrogen) atoms. The van der Waals surface area contributed by atoms with Crippen molar-refractivity contribution >= 4 is 22.7 Å². The Balaban J connectivity index is 1.65. The Hall–Kier alpha value is -2.42. The largest absolute Gasteiger partial charge is 0.394 e. The third kappa shape index (κ3) is 3.37. The van der Waals surface area contributed by atoms with Crippen LogP contribution in [0.1, 0.15) is 10.5 Å². The predicted molar refractivity (Wildman–Crippen MR) is 92.0 cm³/mol. The molecular weight excluding hydrogens is 324 g/mol. The minimum absolute atomic E-state index is 0.0885. The van der Waals surface area contributed by atoms with Gasteiger partial charge in [-0.05, 0) is 12.1 Å². The molecule has 2 heterocycles. The number of ether oxygens (including phenoxy) is 1. The fourth-order valence-corrected chi connectivity index (χ4v) is 3.03. The lowest BCUT2D eigenvalue weighted by Gasteiger charge is -2.45. The zero-order chi connectivity index (χ0) is 17.9. The second-order valence-electron chi connectivity index (χ2n) is 6.14. The summed E-state index contributed by atoms with van der Waals surface area (Å²) in [5.41, 5.74) is 6.06. The Morgan fingerprint density at radius 3 is 2.92 bits per heavy atom. The maximum Gasteiger partial charge on any atom is 0.268 e. The second kappa shape index (κ2) is 7.22. The van der Waals surface area contributed by atoms with Gasteiger partial charge in [0.15, 0.2) is 0 Å². The number of morpholine rings is 1. The fraction of sp³-hybridized carbons (Fsp3) is 0.412. The Labute approximate surface area is 144 Å². The number of aromatic nitrogens is 1. The summed E-state index contributed by atoms with van der Waals surface area (Å²) in [6.07, 6.45) is 0. The maximum atomic E-state index is 12.5. The summed E-state index contributed by atoms with van der Waals surface area (Å²) in [5.74, 6) is -0.660. The van der Waals surface area contributed by atoms with Crippen LogP contribution in [0.4, 0.5) is 0 Å². The summed E-state index contributed by atoms with van der Waals surface area (Å²) in [6.45, 7) is 0.524. The van der Waals surface area contributed by atoms with Crippen LogP contribution in [0.3, 0.4) is 0 Å². The Kier molecular flexibility index (Phi) is 5.03. The molecule has 1 atom stereocenters. The molecule has 1 aromatic heterocycles. The smallest absolute Gasteiger partial charge is 0.268 e. The minimum Gasteiger partial charge on any atom is -0.394 e. The minimum atomic E-state index is -0.929. The summed E-state index contributed by atoms with van der Waals surface area (Å²) in [4.78, 5) is 29.3. The number of H-pyrrole nitrogens is 1. The number of nitrogens with two attached hydrogens (primary N) is 1. The van der Waals surface area contributed by atoms with E-state index in [1.807, 2.05) is 24.3 Å². The molecule has 8 heteroatoms. The van der Waals surface area contributed by atoms with Crippen LogP contribution in [0.25, 0.3) is 10.9 Å². The molecule has 1 saturated heterocycles. The monoisotopic (exact) mass is 346 g/mol. The van der Waals surface area contributed by atoms with Crippen molar-refractivity contribution in [3.05, 3.63) is 36.0 Å². The zero-order valence-corrected chi connectivity index (χ0v) is 13.8. The molecule has 2 amide bonds. The first-order chi connectivity index (χ1) is 12.1. The van der Waals surface area contributed by atoms with E-state index in [2.05, 4.69) is 10.3 Å². The van der Waals surface area contributed by atoms with Crippen LogP contribution in [0, 0.1) is 0 Å². The van der Waals surface area contributed by atoms with Crippen molar-refractivity contribution in [1.82, 2.24) is 15.2 Å². The fourth-order valence-electron chi connectivity index (χ4n) is 3.03. The summed E-state index contributed by atoms with van der Waals surface area (Å²) in [7, 11) is 0. The van der Waals surface area contributed by atoms with Gasteiger partial charge in [0.2, 0.25) is 5.91 Å². The normalized spacial score (nSPS) is 20.6. The number of aliphatic hydroxyl groups excluding tert-OH is 1. The molecule has 5 N–H and O–H groups in total. The van der Waals surface area contributed by atoms with Gasteiger partial charge in [0, 0.05) is 24.0 Å². The number of amides is 2. The van der Waals surface area contributed by atoms with E-state index in [0.29, 0.717) is 18.8 Å². The summed E-state index contributed by atoms with van der Waals surface area (Å²) in [6, 6.07) is 9.28. The van der Waals surface area contributed by atoms with Crippen LogP contribution in [-0.4, -0.2) is 71.8 Å². The number of fused-ring (bicyclic) bond motifs is 1. The van der Waals surface area contributed by atoms with Crippen LogP contribution >= 0.6 is 0 Å². The van der Waals surface area contributed by atoms with Crippen molar-refractivity contribution < 1.29 is 19.4 Å². The van der Waals surface area contributed by atoms with Crippen molar-refractivity contribution in [3.8, 4) is 0 Å². The first kappa shape index (κ1) is 17.4. The number of carbonyl (C=O) groups is 2. The van der Waals surface area contributed by atoms with Gasteiger partial charge in [0.25, 0.3) is 5.91 Å². The molecule has 1 aromatic carbocycles. The molecule has 0 radical (unpaired) electrons. The summed E-state index contributed by atoms with van der Waals surface area (Å²) >= 11 is 0. The topological polar surface area (TPSA) is 121 Å². The van der Waals surface area contributed by atoms with E-state index < -0.39 is 5.54 Å². The molecule has 0 aliphatic carbocycles. The average Bonchev–Trinajstić information content (AvgIpc) is 3.10. The van der Waals surface area contributed by atoms with Crippen molar-refractivity contribution in [2.24, 2.45) is 5.73 Å². The van der Waals surface area contributed by atoms with E-state index in [1.165, 1.54) is 4.90 Å².